The van der Waals surface area contributed by atoms with Crippen LogP contribution in [0, 0.1) is 0 Å². The summed E-state index contributed by atoms with van der Waals surface area (Å²) in [5, 5.41) is 6.99. The quantitative estimate of drug-likeness (QED) is 0.452. The minimum absolute atomic E-state index is 0.500. The Labute approximate surface area is 142 Å². The number of aliphatic imine (C=N–C) groups is 1. The molecule has 1 aromatic carbocycles. The molecule has 23 heavy (non-hydrogen) atoms. The number of halogens is 1. The lowest BCUT2D eigenvalue weighted by Gasteiger charge is -2.20. The van der Waals surface area contributed by atoms with E-state index in [-0.39, 0.29) is 0 Å². The fourth-order valence-corrected chi connectivity index (χ4v) is 2.44. The highest BCUT2D eigenvalue weighted by molar-refractivity contribution is 6.32. The van der Waals surface area contributed by atoms with Gasteiger partial charge in [-0.3, -0.25) is 0 Å². The third-order valence-electron chi connectivity index (χ3n) is 3.16. The molecule has 1 heterocycles. The Morgan fingerprint density at radius 2 is 2.09 bits per heavy atom. The van der Waals surface area contributed by atoms with Gasteiger partial charge in [-0.05, 0) is 31.5 Å². The second kappa shape index (κ2) is 9.47. The predicted molar refractivity (Wildman–Crippen MR) is 91.8 cm³/mol. The third kappa shape index (κ3) is 5.48. The molecule has 0 atom stereocenters. The molecule has 1 aromatic rings. The van der Waals surface area contributed by atoms with Gasteiger partial charge < -0.3 is 24.8 Å². The minimum Gasteiger partial charge on any atom is -0.486 e. The maximum atomic E-state index is 6.24. The smallest absolute Gasteiger partial charge is 0.191 e. The molecule has 1 aliphatic rings. The number of hydrogen-bond acceptors (Lipinski definition) is 4. The molecule has 0 spiro atoms. The third-order valence-corrected chi connectivity index (χ3v) is 3.44. The highest BCUT2D eigenvalue weighted by Gasteiger charge is 2.16. The van der Waals surface area contributed by atoms with Gasteiger partial charge in [0.1, 0.15) is 13.2 Å². The summed E-state index contributed by atoms with van der Waals surface area (Å²) in [6.07, 6.45) is 0. The van der Waals surface area contributed by atoms with E-state index in [0.29, 0.717) is 56.0 Å². The first-order valence-electron chi connectivity index (χ1n) is 7.92. The van der Waals surface area contributed by atoms with Crippen LogP contribution in [-0.2, 0) is 11.3 Å². The van der Waals surface area contributed by atoms with Gasteiger partial charge >= 0.3 is 0 Å². The molecular formula is C16H24ClN3O3. The summed E-state index contributed by atoms with van der Waals surface area (Å²) >= 11 is 6.24. The van der Waals surface area contributed by atoms with Gasteiger partial charge in [0.05, 0.1) is 18.2 Å². The zero-order chi connectivity index (χ0) is 16.5. The normalized spacial score (nSPS) is 13.8. The van der Waals surface area contributed by atoms with Crippen LogP contribution in [0.4, 0.5) is 0 Å². The van der Waals surface area contributed by atoms with E-state index in [2.05, 4.69) is 15.6 Å². The average molecular weight is 342 g/mol. The minimum atomic E-state index is 0.500. The fourth-order valence-electron chi connectivity index (χ4n) is 2.15. The van der Waals surface area contributed by atoms with Crippen LogP contribution in [0.5, 0.6) is 11.5 Å². The van der Waals surface area contributed by atoms with Gasteiger partial charge in [0.15, 0.2) is 17.5 Å². The summed E-state index contributed by atoms with van der Waals surface area (Å²) in [6, 6.07) is 3.79. The van der Waals surface area contributed by atoms with Crippen LogP contribution in [0.2, 0.25) is 5.02 Å². The molecule has 0 bridgehead atoms. The van der Waals surface area contributed by atoms with Crippen molar-refractivity contribution >= 4 is 17.6 Å². The number of guanidine groups is 1. The van der Waals surface area contributed by atoms with E-state index >= 15 is 0 Å². The Morgan fingerprint density at radius 3 is 2.87 bits per heavy atom. The van der Waals surface area contributed by atoms with Crippen molar-refractivity contribution in [2.75, 3.05) is 39.5 Å². The van der Waals surface area contributed by atoms with E-state index in [1.807, 2.05) is 26.0 Å². The monoisotopic (exact) mass is 341 g/mol. The van der Waals surface area contributed by atoms with Crippen LogP contribution in [-0.4, -0.2) is 45.5 Å². The Balaban J connectivity index is 1.99. The molecule has 0 aliphatic carbocycles. The molecule has 2 rings (SSSR count). The molecule has 0 saturated carbocycles. The number of hydrogen-bond donors (Lipinski definition) is 2. The maximum absolute atomic E-state index is 6.24. The van der Waals surface area contributed by atoms with Crippen molar-refractivity contribution in [3.63, 3.8) is 0 Å². The van der Waals surface area contributed by atoms with Crippen LogP contribution in [0.3, 0.4) is 0 Å². The number of ether oxygens (including phenoxy) is 3. The molecule has 0 fully saturated rings. The van der Waals surface area contributed by atoms with Crippen LogP contribution < -0.4 is 20.1 Å². The molecule has 7 heteroatoms. The second-order valence-electron chi connectivity index (χ2n) is 4.92. The number of fused-ring (bicyclic) bond motifs is 1. The first-order valence-corrected chi connectivity index (χ1v) is 8.30. The molecule has 0 radical (unpaired) electrons. The van der Waals surface area contributed by atoms with Gasteiger partial charge in [-0.25, -0.2) is 4.99 Å². The maximum Gasteiger partial charge on any atom is 0.191 e. The van der Waals surface area contributed by atoms with Gasteiger partial charge in [-0.1, -0.05) is 11.6 Å². The van der Waals surface area contributed by atoms with Gasteiger partial charge in [0.2, 0.25) is 0 Å². The molecule has 0 aromatic heterocycles. The summed E-state index contributed by atoms with van der Waals surface area (Å²) in [5.74, 6) is 2.05. The Bertz CT molecular complexity index is 538. The molecule has 0 saturated heterocycles. The molecular weight excluding hydrogens is 318 g/mol. The number of nitrogens with zero attached hydrogens (tertiary/aromatic N) is 1. The summed E-state index contributed by atoms with van der Waals surface area (Å²) < 4.78 is 16.4. The number of rotatable bonds is 7. The lowest BCUT2D eigenvalue weighted by atomic mass is 10.2. The topological polar surface area (TPSA) is 64.1 Å². The van der Waals surface area contributed by atoms with Crippen molar-refractivity contribution in [3.8, 4) is 11.5 Å². The van der Waals surface area contributed by atoms with Gasteiger partial charge in [-0.2, -0.15) is 0 Å². The Kier molecular flexibility index (Phi) is 7.29. The van der Waals surface area contributed by atoms with E-state index in [0.717, 1.165) is 18.1 Å². The largest absolute Gasteiger partial charge is 0.486 e. The highest BCUT2D eigenvalue weighted by atomic mass is 35.5. The van der Waals surface area contributed by atoms with Gasteiger partial charge in [0, 0.05) is 19.7 Å². The lowest BCUT2D eigenvalue weighted by Crippen LogP contribution is -2.39. The molecule has 0 amide bonds. The molecule has 0 unspecified atom stereocenters. The van der Waals surface area contributed by atoms with Crippen molar-refractivity contribution in [1.29, 1.82) is 0 Å². The zero-order valence-corrected chi connectivity index (χ0v) is 14.4. The summed E-state index contributed by atoms with van der Waals surface area (Å²) in [5.41, 5.74) is 0.973. The highest BCUT2D eigenvalue weighted by Crippen LogP contribution is 2.38. The summed E-state index contributed by atoms with van der Waals surface area (Å²) in [6.45, 7) is 8.44. The lowest BCUT2D eigenvalue weighted by molar-refractivity contribution is 0.152. The van der Waals surface area contributed by atoms with Crippen LogP contribution in [0.25, 0.3) is 0 Å². The standard InChI is InChI=1S/C16H24ClN3O3/c1-3-18-16(19-5-6-21-4-2)20-11-12-9-13(17)15-14(10-12)22-7-8-23-15/h9-10H,3-8,11H2,1-2H3,(H2,18,19,20). The summed E-state index contributed by atoms with van der Waals surface area (Å²) in [7, 11) is 0. The Morgan fingerprint density at radius 1 is 1.26 bits per heavy atom. The van der Waals surface area contributed by atoms with Crippen LogP contribution in [0.15, 0.2) is 17.1 Å². The molecule has 2 N–H and O–H groups in total. The van der Waals surface area contributed by atoms with Crippen molar-refractivity contribution in [2.24, 2.45) is 4.99 Å². The number of benzene rings is 1. The molecule has 6 nitrogen and oxygen atoms in total. The van der Waals surface area contributed by atoms with Crippen molar-refractivity contribution in [2.45, 2.75) is 20.4 Å². The van der Waals surface area contributed by atoms with E-state index in [1.165, 1.54) is 0 Å². The van der Waals surface area contributed by atoms with E-state index < -0.39 is 0 Å². The number of nitrogens with one attached hydrogen (secondary N) is 2. The second-order valence-corrected chi connectivity index (χ2v) is 5.33. The fraction of sp³-hybridized carbons (Fsp3) is 0.562. The van der Waals surface area contributed by atoms with Gasteiger partial charge in [-0.15, -0.1) is 0 Å². The molecule has 1 aliphatic heterocycles. The van der Waals surface area contributed by atoms with Crippen LogP contribution >= 0.6 is 11.6 Å². The first-order chi connectivity index (χ1) is 11.2. The average Bonchev–Trinajstić information content (AvgIpc) is 2.56. The van der Waals surface area contributed by atoms with Crippen molar-refractivity contribution in [1.82, 2.24) is 10.6 Å². The SMILES string of the molecule is CCNC(=NCc1cc(Cl)c2c(c1)OCCO2)NCCOCC. The van der Waals surface area contributed by atoms with E-state index in [9.17, 15) is 0 Å². The first kappa shape index (κ1) is 17.7. The predicted octanol–water partition coefficient (Wildman–Crippen LogP) is 2.20. The zero-order valence-electron chi connectivity index (χ0n) is 13.7. The Hall–Kier alpha value is -1.66. The van der Waals surface area contributed by atoms with Crippen molar-refractivity contribution < 1.29 is 14.2 Å². The van der Waals surface area contributed by atoms with E-state index in [4.69, 9.17) is 25.8 Å². The van der Waals surface area contributed by atoms with E-state index in [1.54, 1.807) is 0 Å². The van der Waals surface area contributed by atoms with Crippen LogP contribution in [0.1, 0.15) is 19.4 Å². The summed E-state index contributed by atoms with van der Waals surface area (Å²) in [4.78, 5) is 4.56. The molecule has 128 valence electrons. The van der Waals surface area contributed by atoms with Gasteiger partial charge in [0.25, 0.3) is 0 Å². The van der Waals surface area contributed by atoms with Crippen molar-refractivity contribution in [3.05, 3.63) is 22.7 Å².